The van der Waals surface area contributed by atoms with E-state index in [0.717, 1.165) is 30.0 Å². The highest BCUT2D eigenvalue weighted by Gasteiger charge is 2.22. The summed E-state index contributed by atoms with van der Waals surface area (Å²) in [6.45, 7) is 2.56. The largest absolute Gasteiger partial charge is 0.342 e. The van der Waals surface area contributed by atoms with Crippen molar-refractivity contribution in [1.82, 2.24) is 15.1 Å². The molecule has 0 saturated carbocycles. The number of fused-ring (bicyclic) bond motifs is 1. The number of hydrogen-bond donors (Lipinski definition) is 3. The number of nitrogens with zero attached hydrogens (tertiary/aromatic N) is 3. The molecule has 10 heteroatoms. The van der Waals surface area contributed by atoms with E-state index in [1.165, 1.54) is 11.1 Å². The SMILES string of the molecule is CS(=O)(=O)O.O=c1[nH]nc2c3c(cccc13)NC(CN1Cc3ccccc3C1)=N2. The van der Waals surface area contributed by atoms with Gasteiger partial charge in [0.1, 0.15) is 5.84 Å². The molecule has 0 fully saturated rings. The minimum absolute atomic E-state index is 0.189. The fraction of sp³-hybridized carbons (Fsp3) is 0.211. The van der Waals surface area contributed by atoms with E-state index in [1.807, 2.05) is 12.1 Å². The highest BCUT2D eigenvalue weighted by atomic mass is 32.2. The third kappa shape index (κ3) is 4.34. The van der Waals surface area contributed by atoms with Crippen LogP contribution in [0.15, 0.2) is 52.3 Å². The van der Waals surface area contributed by atoms with Crippen molar-refractivity contribution in [3.63, 3.8) is 0 Å². The molecule has 2 aliphatic heterocycles. The molecular formula is C19H19N5O4S. The standard InChI is InChI=1S/C18H15N5O.CH4O3S/c24-18-13-6-3-7-14-16(13)17(21-22-18)20-15(19-14)10-23-8-11-4-1-2-5-12(11)9-23;1-5(2,3)4/h1-7H,8-10H2,(H,22,24)(H,19,20,21);1H3,(H,2,3,4). The van der Waals surface area contributed by atoms with Gasteiger partial charge in [0.25, 0.3) is 15.7 Å². The summed E-state index contributed by atoms with van der Waals surface area (Å²) in [6.07, 6.45) is 0.715. The molecule has 0 radical (unpaired) electrons. The third-order valence-electron chi connectivity index (χ3n) is 4.60. The highest BCUT2D eigenvalue weighted by molar-refractivity contribution is 7.85. The number of aromatic amines is 1. The molecule has 9 nitrogen and oxygen atoms in total. The Bertz CT molecular complexity index is 1250. The lowest BCUT2D eigenvalue weighted by Gasteiger charge is -2.21. The molecule has 3 heterocycles. The van der Waals surface area contributed by atoms with E-state index >= 15 is 0 Å². The van der Waals surface area contributed by atoms with Gasteiger partial charge in [-0.3, -0.25) is 14.2 Å². The Kier molecular flexibility index (Phi) is 4.91. The van der Waals surface area contributed by atoms with Crippen LogP contribution >= 0.6 is 0 Å². The molecule has 29 heavy (non-hydrogen) atoms. The average molecular weight is 413 g/mol. The van der Waals surface area contributed by atoms with Crippen LogP contribution in [-0.2, 0) is 23.2 Å². The quantitative estimate of drug-likeness (QED) is 0.548. The summed E-state index contributed by atoms with van der Waals surface area (Å²) in [5.41, 5.74) is 3.45. The number of H-pyrrole nitrogens is 1. The van der Waals surface area contributed by atoms with Crippen molar-refractivity contribution in [2.24, 2.45) is 4.99 Å². The Labute approximate surface area is 166 Å². The number of benzene rings is 2. The van der Waals surface area contributed by atoms with Crippen molar-refractivity contribution >= 4 is 38.2 Å². The number of amidine groups is 1. The Morgan fingerprint density at radius 2 is 1.76 bits per heavy atom. The number of aliphatic imine (C=N–C) groups is 1. The summed E-state index contributed by atoms with van der Waals surface area (Å²) in [4.78, 5) is 18.9. The molecule has 3 N–H and O–H groups in total. The van der Waals surface area contributed by atoms with Crippen molar-refractivity contribution in [2.75, 3.05) is 18.1 Å². The van der Waals surface area contributed by atoms with Crippen molar-refractivity contribution < 1.29 is 13.0 Å². The molecule has 0 atom stereocenters. The second-order valence-electron chi connectivity index (χ2n) is 6.93. The van der Waals surface area contributed by atoms with E-state index in [1.54, 1.807) is 6.07 Å². The lowest BCUT2D eigenvalue weighted by molar-refractivity contribution is 0.326. The lowest BCUT2D eigenvalue weighted by atomic mass is 10.1. The van der Waals surface area contributed by atoms with Crippen LogP contribution < -0.4 is 10.9 Å². The molecule has 0 bridgehead atoms. The first-order valence-electron chi connectivity index (χ1n) is 8.85. The molecule has 0 aliphatic carbocycles. The zero-order chi connectivity index (χ0) is 20.6. The van der Waals surface area contributed by atoms with Gasteiger partial charge in [-0.15, -0.1) is 0 Å². The van der Waals surface area contributed by atoms with Crippen LogP contribution in [0.25, 0.3) is 10.8 Å². The fourth-order valence-corrected chi connectivity index (χ4v) is 3.50. The number of anilines is 1. The van der Waals surface area contributed by atoms with Gasteiger partial charge in [0, 0.05) is 13.1 Å². The number of aromatic nitrogens is 2. The van der Waals surface area contributed by atoms with E-state index in [2.05, 4.69) is 49.7 Å². The van der Waals surface area contributed by atoms with Crippen molar-refractivity contribution in [3.05, 3.63) is 63.9 Å². The van der Waals surface area contributed by atoms with E-state index in [-0.39, 0.29) is 5.56 Å². The monoisotopic (exact) mass is 413 g/mol. The molecule has 0 amide bonds. The maximum Gasteiger partial charge on any atom is 0.272 e. The minimum Gasteiger partial charge on any atom is -0.342 e. The maximum absolute atomic E-state index is 11.9. The van der Waals surface area contributed by atoms with Crippen LogP contribution in [0, 0.1) is 0 Å². The summed E-state index contributed by atoms with van der Waals surface area (Å²) < 4.78 is 25.9. The zero-order valence-electron chi connectivity index (χ0n) is 15.6. The molecule has 3 aromatic rings. The second-order valence-corrected chi connectivity index (χ2v) is 8.40. The molecule has 0 spiro atoms. The predicted molar refractivity (Wildman–Crippen MR) is 111 cm³/mol. The van der Waals surface area contributed by atoms with E-state index in [4.69, 9.17) is 4.55 Å². The molecular weight excluding hydrogens is 394 g/mol. The Morgan fingerprint density at radius 1 is 1.10 bits per heavy atom. The third-order valence-corrected chi connectivity index (χ3v) is 4.60. The zero-order valence-corrected chi connectivity index (χ0v) is 16.4. The van der Waals surface area contributed by atoms with Gasteiger partial charge in [0.15, 0.2) is 5.82 Å². The fourth-order valence-electron chi connectivity index (χ4n) is 3.50. The molecule has 150 valence electrons. The van der Waals surface area contributed by atoms with Crippen LogP contribution in [-0.4, -0.2) is 46.7 Å². The molecule has 2 aliphatic rings. The van der Waals surface area contributed by atoms with Crippen molar-refractivity contribution in [3.8, 4) is 0 Å². The van der Waals surface area contributed by atoms with Crippen molar-refractivity contribution in [1.29, 1.82) is 0 Å². The van der Waals surface area contributed by atoms with E-state index in [0.29, 0.717) is 24.0 Å². The van der Waals surface area contributed by atoms with Gasteiger partial charge in [-0.05, 0) is 23.3 Å². The van der Waals surface area contributed by atoms with Crippen LogP contribution in [0.1, 0.15) is 11.1 Å². The van der Waals surface area contributed by atoms with Gasteiger partial charge >= 0.3 is 0 Å². The smallest absolute Gasteiger partial charge is 0.272 e. The van der Waals surface area contributed by atoms with E-state index < -0.39 is 10.1 Å². The van der Waals surface area contributed by atoms with Gasteiger partial charge in [0.05, 0.1) is 29.3 Å². The summed E-state index contributed by atoms with van der Waals surface area (Å²) in [6, 6.07) is 14.1. The first-order valence-corrected chi connectivity index (χ1v) is 10.7. The first kappa shape index (κ1) is 19.2. The lowest BCUT2D eigenvalue weighted by Crippen LogP contribution is -2.31. The second kappa shape index (κ2) is 7.39. The molecule has 1 aromatic heterocycles. The molecule has 0 unspecified atom stereocenters. The predicted octanol–water partition coefficient (Wildman–Crippen LogP) is 1.90. The summed E-state index contributed by atoms with van der Waals surface area (Å²) >= 11 is 0. The normalized spacial score (nSPS) is 15.2. The molecule has 5 rings (SSSR count). The number of hydrogen-bond acceptors (Lipinski definition) is 7. The first-order chi connectivity index (χ1) is 13.8. The molecule has 2 aromatic carbocycles. The van der Waals surface area contributed by atoms with Gasteiger partial charge in [0.2, 0.25) is 0 Å². The summed E-state index contributed by atoms with van der Waals surface area (Å²) in [5, 5.41) is 11.4. The maximum atomic E-state index is 11.9. The molecule has 0 saturated heterocycles. The van der Waals surface area contributed by atoms with Gasteiger partial charge in [-0.1, -0.05) is 30.3 Å². The average Bonchev–Trinajstić information content (AvgIpc) is 3.05. The Balaban J connectivity index is 0.000000369. The van der Waals surface area contributed by atoms with Crippen LogP contribution in [0.3, 0.4) is 0 Å². The van der Waals surface area contributed by atoms with Gasteiger partial charge in [-0.25, -0.2) is 10.1 Å². The van der Waals surface area contributed by atoms with E-state index in [9.17, 15) is 13.2 Å². The summed E-state index contributed by atoms with van der Waals surface area (Å²) in [7, 11) is -3.67. The van der Waals surface area contributed by atoms with Crippen LogP contribution in [0.4, 0.5) is 11.5 Å². The Morgan fingerprint density at radius 3 is 2.41 bits per heavy atom. The summed E-state index contributed by atoms with van der Waals surface area (Å²) in [5.74, 6) is 1.42. The minimum atomic E-state index is -3.67. The van der Waals surface area contributed by atoms with Crippen molar-refractivity contribution in [2.45, 2.75) is 13.1 Å². The topological polar surface area (TPSA) is 128 Å². The number of nitrogens with one attached hydrogen (secondary N) is 2. The van der Waals surface area contributed by atoms with Gasteiger partial charge in [-0.2, -0.15) is 13.5 Å². The van der Waals surface area contributed by atoms with Crippen LogP contribution in [0.2, 0.25) is 0 Å². The Hall–Kier alpha value is -3.08. The van der Waals surface area contributed by atoms with Crippen LogP contribution in [0.5, 0.6) is 0 Å². The van der Waals surface area contributed by atoms with Gasteiger partial charge < -0.3 is 5.32 Å². The highest BCUT2D eigenvalue weighted by Crippen LogP contribution is 2.32. The number of rotatable bonds is 2.